The van der Waals surface area contributed by atoms with Gasteiger partial charge in [0.25, 0.3) is 0 Å². The molecule has 1 heterocycles. The molecule has 174 valence electrons. The number of H-pyrrole nitrogens is 1. The molecule has 0 spiro atoms. The Morgan fingerprint density at radius 2 is 1.81 bits per heavy atom. The molecule has 1 aromatic heterocycles. The van der Waals surface area contributed by atoms with Gasteiger partial charge in [0.1, 0.15) is 0 Å². The lowest BCUT2D eigenvalue weighted by Gasteiger charge is -2.26. The Morgan fingerprint density at radius 1 is 1.03 bits per heavy atom. The minimum atomic E-state index is -0.343. The Balaban J connectivity index is 1.26. The second kappa shape index (κ2) is 12.3. The van der Waals surface area contributed by atoms with E-state index in [1.807, 2.05) is 6.07 Å². The number of unbranched alkanes of at least 4 members (excludes halogenated alkanes) is 4. The van der Waals surface area contributed by atoms with Crippen molar-refractivity contribution in [3.63, 3.8) is 0 Å². The Morgan fingerprint density at radius 3 is 2.62 bits per heavy atom. The first kappa shape index (κ1) is 23.9. The molecule has 0 saturated heterocycles. The molecule has 1 aliphatic rings. The summed E-state index contributed by atoms with van der Waals surface area (Å²) >= 11 is 0. The lowest BCUT2D eigenvalue weighted by atomic mass is 9.91. The maximum absolute atomic E-state index is 12.2. The van der Waals surface area contributed by atoms with Gasteiger partial charge in [-0.05, 0) is 62.4 Å². The summed E-state index contributed by atoms with van der Waals surface area (Å²) in [6.45, 7) is 1.39. The predicted molar refractivity (Wildman–Crippen MR) is 124 cm³/mol. The second-order valence-electron chi connectivity index (χ2n) is 8.13. The highest BCUT2D eigenvalue weighted by Gasteiger charge is 2.19. The summed E-state index contributed by atoms with van der Waals surface area (Å²) in [5, 5.41) is 3.64. The number of pyridine rings is 1. The molecule has 3 rings (SSSR count). The van der Waals surface area contributed by atoms with Crippen molar-refractivity contribution in [3.8, 4) is 11.5 Å². The van der Waals surface area contributed by atoms with Crippen molar-refractivity contribution in [1.29, 1.82) is 0 Å². The maximum Gasteiger partial charge on any atom is 0.338 e. The van der Waals surface area contributed by atoms with Crippen LogP contribution in [0.4, 0.5) is 0 Å². The van der Waals surface area contributed by atoms with Crippen molar-refractivity contribution in [3.05, 3.63) is 57.5 Å². The highest BCUT2D eigenvalue weighted by molar-refractivity contribution is 5.90. The van der Waals surface area contributed by atoms with E-state index in [1.165, 1.54) is 5.56 Å². The van der Waals surface area contributed by atoms with Crippen LogP contribution in [-0.2, 0) is 11.2 Å². The number of esters is 1. The van der Waals surface area contributed by atoms with Crippen LogP contribution in [0.1, 0.15) is 72.6 Å². The summed E-state index contributed by atoms with van der Waals surface area (Å²) in [5.74, 6) is 0.756. The molecule has 32 heavy (non-hydrogen) atoms. The van der Waals surface area contributed by atoms with Gasteiger partial charge in [-0.25, -0.2) is 4.79 Å². The number of fused-ring (bicyclic) bond motifs is 1. The van der Waals surface area contributed by atoms with E-state index in [9.17, 15) is 9.59 Å². The molecular weight excluding hydrogens is 408 g/mol. The van der Waals surface area contributed by atoms with Crippen LogP contribution in [0.15, 0.2) is 35.1 Å². The zero-order valence-electron chi connectivity index (χ0n) is 19.1. The predicted octanol–water partition coefficient (Wildman–Crippen LogP) is 4.17. The highest BCUT2D eigenvalue weighted by atomic mass is 16.5. The van der Waals surface area contributed by atoms with E-state index in [1.54, 1.807) is 38.5 Å². The molecule has 0 unspecified atom stereocenters. The topological polar surface area (TPSA) is 89.7 Å². The Bertz CT molecular complexity index is 940. The van der Waals surface area contributed by atoms with Crippen molar-refractivity contribution < 1.29 is 19.0 Å². The minimum absolute atomic E-state index is 0.0150. The molecule has 2 aromatic rings. The fourth-order valence-corrected chi connectivity index (χ4v) is 4.16. The number of nitrogens with one attached hydrogen (secondary N) is 2. The molecule has 0 fully saturated rings. The van der Waals surface area contributed by atoms with Gasteiger partial charge >= 0.3 is 5.97 Å². The van der Waals surface area contributed by atoms with E-state index >= 15 is 0 Å². The zero-order valence-corrected chi connectivity index (χ0v) is 19.1. The summed E-state index contributed by atoms with van der Waals surface area (Å²) in [5.41, 5.74) is 2.77. The molecule has 7 nitrogen and oxygen atoms in total. The van der Waals surface area contributed by atoms with E-state index in [0.29, 0.717) is 29.7 Å². The third-order valence-electron chi connectivity index (χ3n) is 5.90. The summed E-state index contributed by atoms with van der Waals surface area (Å²) in [6.07, 6.45) is 8.44. The first-order valence-corrected chi connectivity index (χ1v) is 11.5. The summed E-state index contributed by atoms with van der Waals surface area (Å²) in [4.78, 5) is 26.7. The van der Waals surface area contributed by atoms with Gasteiger partial charge in [-0.15, -0.1) is 0 Å². The third-order valence-corrected chi connectivity index (χ3v) is 5.90. The number of hydrogen-bond acceptors (Lipinski definition) is 6. The maximum atomic E-state index is 12.2. The summed E-state index contributed by atoms with van der Waals surface area (Å²) in [7, 11) is 3.10. The first-order chi connectivity index (χ1) is 15.6. The number of hydrogen-bond donors (Lipinski definition) is 2. The fourth-order valence-electron chi connectivity index (χ4n) is 4.16. The van der Waals surface area contributed by atoms with Crippen LogP contribution >= 0.6 is 0 Å². The van der Waals surface area contributed by atoms with Crippen molar-refractivity contribution in [2.24, 2.45) is 0 Å². The van der Waals surface area contributed by atoms with Gasteiger partial charge < -0.3 is 24.5 Å². The van der Waals surface area contributed by atoms with Crippen molar-refractivity contribution in [2.45, 2.75) is 57.4 Å². The summed E-state index contributed by atoms with van der Waals surface area (Å²) < 4.78 is 15.8. The van der Waals surface area contributed by atoms with Crippen LogP contribution in [-0.4, -0.2) is 38.3 Å². The molecule has 0 bridgehead atoms. The van der Waals surface area contributed by atoms with Gasteiger partial charge in [-0.3, -0.25) is 4.79 Å². The molecule has 0 amide bonds. The van der Waals surface area contributed by atoms with Gasteiger partial charge in [0.05, 0.1) is 26.4 Å². The monoisotopic (exact) mass is 442 g/mol. The number of carbonyl (C=O) groups excluding carboxylic acids is 1. The number of aromatic amines is 1. The van der Waals surface area contributed by atoms with E-state index in [-0.39, 0.29) is 11.5 Å². The molecule has 1 aromatic carbocycles. The Kier molecular flexibility index (Phi) is 9.16. The van der Waals surface area contributed by atoms with Gasteiger partial charge in [-0.2, -0.15) is 0 Å². The lowest BCUT2D eigenvalue weighted by Crippen LogP contribution is -2.28. The number of carbonyl (C=O) groups is 1. The van der Waals surface area contributed by atoms with Crippen LogP contribution in [0.3, 0.4) is 0 Å². The number of rotatable bonds is 12. The standard InChI is InChI=1S/C25H34N2O5/c1-30-22-13-11-18(17-23(22)31-2)25(29)32-16-7-5-3-4-6-15-26-20-9-8-10-21-19(20)12-14-24(28)27-21/h11-14,17,20,26H,3-10,15-16H2,1-2H3,(H,27,28)/t20-/m0/s1. The lowest BCUT2D eigenvalue weighted by molar-refractivity contribution is 0.0497. The molecule has 7 heteroatoms. The van der Waals surface area contributed by atoms with Gasteiger partial charge in [0, 0.05) is 17.8 Å². The smallest absolute Gasteiger partial charge is 0.338 e. The number of methoxy groups -OCH3 is 2. The van der Waals surface area contributed by atoms with Crippen LogP contribution < -0.4 is 20.3 Å². The molecule has 0 aliphatic heterocycles. The SMILES string of the molecule is COc1ccc(C(=O)OCCCCCCCN[C@H]2CCCc3[nH]c(=O)ccc32)cc1OC. The number of benzene rings is 1. The highest BCUT2D eigenvalue weighted by Crippen LogP contribution is 2.28. The molecule has 1 aliphatic carbocycles. The molecule has 0 saturated carbocycles. The van der Waals surface area contributed by atoms with Gasteiger partial charge in [-0.1, -0.05) is 25.3 Å². The van der Waals surface area contributed by atoms with E-state index in [4.69, 9.17) is 14.2 Å². The fraction of sp³-hybridized carbons (Fsp3) is 0.520. The normalized spacial score (nSPS) is 15.1. The Hall–Kier alpha value is -2.80. The largest absolute Gasteiger partial charge is 0.493 e. The van der Waals surface area contributed by atoms with E-state index < -0.39 is 0 Å². The Labute approximate surface area is 189 Å². The van der Waals surface area contributed by atoms with Crippen molar-refractivity contribution in [1.82, 2.24) is 10.3 Å². The number of ether oxygens (including phenoxy) is 3. The van der Waals surface area contributed by atoms with Crippen molar-refractivity contribution in [2.75, 3.05) is 27.4 Å². The van der Waals surface area contributed by atoms with Crippen molar-refractivity contribution >= 4 is 5.97 Å². The zero-order chi connectivity index (χ0) is 22.8. The average molecular weight is 443 g/mol. The second-order valence-corrected chi connectivity index (χ2v) is 8.13. The quantitative estimate of drug-likeness (QED) is 0.379. The van der Waals surface area contributed by atoms with Crippen LogP contribution in [0.25, 0.3) is 0 Å². The van der Waals surface area contributed by atoms with Crippen LogP contribution in [0, 0.1) is 0 Å². The van der Waals surface area contributed by atoms with Gasteiger partial charge in [0.2, 0.25) is 5.56 Å². The third kappa shape index (κ3) is 6.60. The average Bonchev–Trinajstić information content (AvgIpc) is 2.82. The van der Waals surface area contributed by atoms with Crippen LogP contribution in [0.5, 0.6) is 11.5 Å². The van der Waals surface area contributed by atoms with Gasteiger partial charge in [0.15, 0.2) is 11.5 Å². The molecular formula is C25H34N2O5. The van der Waals surface area contributed by atoms with E-state index in [2.05, 4.69) is 10.3 Å². The molecule has 2 N–H and O–H groups in total. The van der Waals surface area contributed by atoms with E-state index in [0.717, 1.165) is 63.6 Å². The molecule has 0 radical (unpaired) electrons. The molecule has 1 atom stereocenters. The number of aryl methyl sites for hydroxylation is 1. The van der Waals surface area contributed by atoms with Crippen LogP contribution in [0.2, 0.25) is 0 Å². The first-order valence-electron chi connectivity index (χ1n) is 11.5. The minimum Gasteiger partial charge on any atom is -0.493 e. The number of aromatic nitrogens is 1. The summed E-state index contributed by atoms with van der Waals surface area (Å²) in [6, 6.07) is 8.95.